The monoisotopic (exact) mass is 341 g/mol. The van der Waals surface area contributed by atoms with Gasteiger partial charge in [0.1, 0.15) is 0 Å². The van der Waals surface area contributed by atoms with E-state index >= 15 is 0 Å². The van der Waals surface area contributed by atoms with Gasteiger partial charge >= 0.3 is 0 Å². The Bertz CT molecular complexity index is 586. The Hall–Kier alpha value is -0.650. The zero-order chi connectivity index (χ0) is 14.2. The molecule has 5 heteroatoms. The number of thiophene rings is 1. The van der Waals surface area contributed by atoms with Crippen LogP contribution in [0.3, 0.4) is 0 Å². The van der Waals surface area contributed by atoms with Crippen LogP contribution >= 0.6 is 27.3 Å². The Morgan fingerprint density at radius 3 is 2.58 bits per heavy atom. The Morgan fingerprint density at radius 2 is 2.11 bits per heavy atom. The molecule has 2 aromatic rings. The Kier molecular flexibility index (Phi) is 4.48. The van der Waals surface area contributed by atoms with Gasteiger partial charge in [-0.2, -0.15) is 5.10 Å². The van der Waals surface area contributed by atoms with Gasteiger partial charge in [0, 0.05) is 29.4 Å². The first-order valence-electron chi connectivity index (χ1n) is 6.38. The number of nitrogens with one attached hydrogen (secondary N) is 1. The molecular weight excluding hydrogens is 322 g/mol. The summed E-state index contributed by atoms with van der Waals surface area (Å²) >= 11 is 5.47. The van der Waals surface area contributed by atoms with Crippen LogP contribution < -0.4 is 5.32 Å². The topological polar surface area (TPSA) is 29.9 Å². The highest BCUT2D eigenvalue weighted by Crippen LogP contribution is 2.27. The fraction of sp³-hybridized carbons (Fsp3) is 0.500. The second-order valence-electron chi connectivity index (χ2n) is 4.94. The Labute approximate surface area is 127 Å². The number of hydrogen-bond acceptors (Lipinski definition) is 3. The number of nitrogens with zero attached hydrogens (tertiary/aromatic N) is 2. The van der Waals surface area contributed by atoms with E-state index in [2.05, 4.69) is 53.2 Å². The summed E-state index contributed by atoms with van der Waals surface area (Å²) in [6.45, 7) is 9.40. The molecule has 104 valence electrons. The van der Waals surface area contributed by atoms with Gasteiger partial charge < -0.3 is 5.32 Å². The Morgan fingerprint density at radius 1 is 1.42 bits per heavy atom. The molecule has 1 N–H and O–H groups in total. The molecule has 2 aromatic heterocycles. The minimum absolute atomic E-state index is 0.354. The molecule has 0 radical (unpaired) electrons. The fourth-order valence-corrected chi connectivity index (χ4v) is 3.81. The first kappa shape index (κ1) is 14.8. The average Bonchev–Trinajstić information content (AvgIpc) is 2.78. The van der Waals surface area contributed by atoms with E-state index in [1.165, 1.54) is 21.0 Å². The maximum atomic E-state index is 4.41. The van der Waals surface area contributed by atoms with Crippen LogP contribution in [0.1, 0.15) is 39.7 Å². The number of hydrogen-bond donors (Lipinski definition) is 1. The van der Waals surface area contributed by atoms with E-state index in [4.69, 9.17) is 0 Å². The van der Waals surface area contributed by atoms with E-state index in [1.807, 2.05) is 30.0 Å². The van der Waals surface area contributed by atoms with Crippen molar-refractivity contribution in [2.24, 2.45) is 7.05 Å². The van der Waals surface area contributed by atoms with Crippen molar-refractivity contribution in [1.82, 2.24) is 15.1 Å². The summed E-state index contributed by atoms with van der Waals surface area (Å²) in [7, 11) is 1.99. The maximum Gasteiger partial charge on any atom is 0.0739 e. The summed E-state index contributed by atoms with van der Waals surface area (Å²) in [4.78, 5) is 2.77. The van der Waals surface area contributed by atoms with Crippen LogP contribution in [0.15, 0.2) is 10.5 Å². The van der Waals surface area contributed by atoms with Crippen LogP contribution in [-0.2, 0) is 13.6 Å². The molecule has 0 saturated heterocycles. The number of aromatic nitrogens is 2. The van der Waals surface area contributed by atoms with E-state index in [0.29, 0.717) is 6.04 Å². The Balaban J connectivity index is 2.08. The van der Waals surface area contributed by atoms with E-state index < -0.39 is 0 Å². The molecular formula is C14H20BrN3S. The summed E-state index contributed by atoms with van der Waals surface area (Å²) in [6, 6.07) is 2.63. The highest BCUT2D eigenvalue weighted by molar-refractivity contribution is 9.10. The first-order chi connectivity index (χ1) is 8.90. The summed E-state index contributed by atoms with van der Waals surface area (Å²) in [5, 5.41) is 7.99. The maximum absolute atomic E-state index is 4.41. The molecule has 1 unspecified atom stereocenters. The van der Waals surface area contributed by atoms with Gasteiger partial charge in [0.25, 0.3) is 0 Å². The summed E-state index contributed by atoms with van der Waals surface area (Å²) in [5.41, 5.74) is 3.63. The minimum atomic E-state index is 0.354. The third-order valence-corrected chi connectivity index (χ3v) is 5.40. The molecule has 0 spiro atoms. The molecule has 2 heterocycles. The minimum Gasteiger partial charge on any atom is -0.304 e. The largest absolute Gasteiger partial charge is 0.304 e. The zero-order valence-electron chi connectivity index (χ0n) is 12.0. The third kappa shape index (κ3) is 3.09. The van der Waals surface area contributed by atoms with Crippen molar-refractivity contribution >= 4 is 27.3 Å². The molecule has 0 fully saturated rings. The van der Waals surface area contributed by atoms with Crippen molar-refractivity contribution in [3.63, 3.8) is 0 Å². The van der Waals surface area contributed by atoms with Crippen LogP contribution in [-0.4, -0.2) is 9.78 Å². The van der Waals surface area contributed by atoms with Gasteiger partial charge in [-0.1, -0.05) is 0 Å². The third-order valence-electron chi connectivity index (χ3n) is 3.38. The SMILES string of the molecule is Cc1cc(C(C)NCc2c(Br)c(C)nn2C)c(C)s1. The molecule has 1 atom stereocenters. The van der Waals surface area contributed by atoms with Crippen LogP contribution in [0.5, 0.6) is 0 Å². The van der Waals surface area contributed by atoms with Crippen molar-refractivity contribution in [3.8, 4) is 0 Å². The highest BCUT2D eigenvalue weighted by atomic mass is 79.9. The van der Waals surface area contributed by atoms with E-state index in [-0.39, 0.29) is 0 Å². The standard InChI is InChI=1S/C14H20BrN3S/c1-8-6-12(11(4)19-8)9(2)16-7-13-14(15)10(3)17-18(13)5/h6,9,16H,7H2,1-5H3. The molecule has 0 aliphatic carbocycles. The van der Waals surface area contributed by atoms with Crippen LogP contribution in [0.2, 0.25) is 0 Å². The van der Waals surface area contributed by atoms with Gasteiger partial charge in [0.15, 0.2) is 0 Å². The number of rotatable bonds is 4. The molecule has 0 aliphatic heterocycles. The number of aryl methyl sites for hydroxylation is 4. The predicted octanol–water partition coefficient (Wildman–Crippen LogP) is 4.02. The quantitative estimate of drug-likeness (QED) is 0.909. The van der Waals surface area contributed by atoms with Crippen LogP contribution in [0.4, 0.5) is 0 Å². The molecule has 0 bridgehead atoms. The van der Waals surface area contributed by atoms with Gasteiger partial charge in [-0.05, 0) is 55.3 Å². The van der Waals surface area contributed by atoms with Crippen molar-refractivity contribution in [2.45, 2.75) is 40.3 Å². The van der Waals surface area contributed by atoms with Crippen molar-refractivity contribution in [2.75, 3.05) is 0 Å². The lowest BCUT2D eigenvalue weighted by Crippen LogP contribution is -2.20. The smallest absolute Gasteiger partial charge is 0.0739 e. The van der Waals surface area contributed by atoms with Crippen LogP contribution in [0.25, 0.3) is 0 Å². The molecule has 0 aromatic carbocycles. The number of halogens is 1. The zero-order valence-corrected chi connectivity index (χ0v) is 14.4. The summed E-state index contributed by atoms with van der Waals surface area (Å²) in [5.74, 6) is 0. The second-order valence-corrected chi connectivity index (χ2v) is 7.19. The van der Waals surface area contributed by atoms with E-state index in [0.717, 1.165) is 16.7 Å². The molecule has 0 amide bonds. The lowest BCUT2D eigenvalue weighted by atomic mass is 10.1. The van der Waals surface area contributed by atoms with Crippen molar-refractivity contribution in [1.29, 1.82) is 0 Å². The second kappa shape index (κ2) is 5.77. The average molecular weight is 342 g/mol. The van der Waals surface area contributed by atoms with Gasteiger partial charge in [0.2, 0.25) is 0 Å². The molecule has 19 heavy (non-hydrogen) atoms. The highest BCUT2D eigenvalue weighted by Gasteiger charge is 2.14. The van der Waals surface area contributed by atoms with E-state index in [1.54, 1.807) is 0 Å². The van der Waals surface area contributed by atoms with Gasteiger partial charge in [-0.3, -0.25) is 4.68 Å². The van der Waals surface area contributed by atoms with Crippen LogP contribution in [0, 0.1) is 20.8 Å². The van der Waals surface area contributed by atoms with Gasteiger partial charge in [-0.25, -0.2) is 0 Å². The van der Waals surface area contributed by atoms with E-state index in [9.17, 15) is 0 Å². The molecule has 0 saturated carbocycles. The molecule has 2 rings (SSSR count). The molecule has 3 nitrogen and oxygen atoms in total. The first-order valence-corrected chi connectivity index (χ1v) is 7.99. The summed E-state index contributed by atoms with van der Waals surface area (Å²) in [6.07, 6.45) is 0. The van der Waals surface area contributed by atoms with Gasteiger partial charge in [0.05, 0.1) is 15.9 Å². The van der Waals surface area contributed by atoms with Crippen molar-refractivity contribution in [3.05, 3.63) is 37.2 Å². The lowest BCUT2D eigenvalue weighted by Gasteiger charge is -2.14. The molecule has 0 aliphatic rings. The normalized spacial score (nSPS) is 12.9. The predicted molar refractivity (Wildman–Crippen MR) is 84.7 cm³/mol. The lowest BCUT2D eigenvalue weighted by molar-refractivity contribution is 0.546. The van der Waals surface area contributed by atoms with Gasteiger partial charge in [-0.15, -0.1) is 11.3 Å². The van der Waals surface area contributed by atoms with Crippen molar-refractivity contribution < 1.29 is 0 Å². The summed E-state index contributed by atoms with van der Waals surface area (Å²) < 4.78 is 3.04. The fourth-order valence-electron chi connectivity index (χ4n) is 2.31.